The third-order valence-electron chi connectivity index (χ3n) is 7.19. The molecule has 1 atom stereocenters. The Morgan fingerprint density at radius 3 is 2.79 bits per heavy atom. The van der Waals surface area contributed by atoms with Crippen molar-refractivity contribution in [2.45, 2.75) is 39.7 Å². The zero-order valence-corrected chi connectivity index (χ0v) is 22.7. The summed E-state index contributed by atoms with van der Waals surface area (Å²) in [5.41, 5.74) is 3.15. The summed E-state index contributed by atoms with van der Waals surface area (Å²) in [4.78, 5) is 14.3. The van der Waals surface area contributed by atoms with Crippen LogP contribution in [0.25, 0.3) is 17.0 Å². The first kappa shape index (κ1) is 26.5. The van der Waals surface area contributed by atoms with Gasteiger partial charge in [-0.25, -0.2) is 4.39 Å². The number of esters is 1. The lowest BCUT2D eigenvalue weighted by Gasteiger charge is -2.32. The molecule has 1 saturated heterocycles. The van der Waals surface area contributed by atoms with Crippen LogP contribution >= 0.6 is 11.6 Å². The molecule has 7 nitrogen and oxygen atoms in total. The van der Waals surface area contributed by atoms with E-state index in [1.807, 2.05) is 31.2 Å². The summed E-state index contributed by atoms with van der Waals surface area (Å²) in [5, 5.41) is 8.26. The molecule has 0 spiro atoms. The van der Waals surface area contributed by atoms with Crippen LogP contribution < -0.4 is 9.47 Å². The Balaban J connectivity index is 1.28. The van der Waals surface area contributed by atoms with Crippen molar-refractivity contribution in [2.24, 2.45) is 11.8 Å². The van der Waals surface area contributed by atoms with Gasteiger partial charge in [0.2, 0.25) is 0 Å². The summed E-state index contributed by atoms with van der Waals surface area (Å²) in [7, 11) is 0. The van der Waals surface area contributed by atoms with Gasteiger partial charge in [0.05, 0.1) is 23.6 Å². The number of ether oxygens (including phenoxy) is 3. The van der Waals surface area contributed by atoms with Crippen molar-refractivity contribution < 1.29 is 23.4 Å². The van der Waals surface area contributed by atoms with Gasteiger partial charge in [-0.1, -0.05) is 31.5 Å². The predicted molar refractivity (Wildman–Crippen MR) is 145 cm³/mol. The van der Waals surface area contributed by atoms with Gasteiger partial charge in [0, 0.05) is 24.1 Å². The van der Waals surface area contributed by atoms with Crippen molar-refractivity contribution in [2.75, 3.05) is 32.8 Å². The number of hydrogen-bond donors (Lipinski definition) is 1. The molecule has 1 unspecified atom stereocenters. The minimum Gasteiger partial charge on any atom is -0.488 e. The maximum Gasteiger partial charge on any atom is 0.309 e. The predicted octanol–water partition coefficient (Wildman–Crippen LogP) is 6.18. The lowest BCUT2D eigenvalue weighted by Crippen LogP contribution is -2.38. The number of carbonyl (C=O) groups is 1. The van der Waals surface area contributed by atoms with Gasteiger partial charge in [-0.2, -0.15) is 5.10 Å². The van der Waals surface area contributed by atoms with E-state index in [4.69, 9.17) is 25.8 Å². The fourth-order valence-electron chi connectivity index (χ4n) is 5.19. The molecule has 1 N–H and O–H groups in total. The maximum atomic E-state index is 15.3. The van der Waals surface area contributed by atoms with Crippen molar-refractivity contribution in [3.63, 3.8) is 0 Å². The van der Waals surface area contributed by atoms with Gasteiger partial charge in [-0.3, -0.25) is 14.8 Å². The number of aromatic nitrogens is 2. The normalized spacial score (nSPS) is 17.2. The van der Waals surface area contributed by atoms with E-state index in [0.717, 1.165) is 48.0 Å². The van der Waals surface area contributed by atoms with Gasteiger partial charge in [0.15, 0.2) is 0 Å². The Morgan fingerprint density at radius 2 is 2.05 bits per heavy atom. The minimum absolute atomic E-state index is 0.0346. The second-order valence-electron chi connectivity index (χ2n) is 10.3. The molecule has 3 heterocycles. The number of piperidine rings is 1. The highest BCUT2D eigenvalue weighted by Gasteiger charge is 2.27. The molecule has 2 aliphatic rings. The minimum atomic E-state index is -0.383. The molecular weight excluding hydrogens is 509 g/mol. The number of halogens is 2. The fourth-order valence-corrected chi connectivity index (χ4v) is 5.38. The Bertz CT molecular complexity index is 1350. The zero-order valence-electron chi connectivity index (χ0n) is 21.9. The SMILES string of the molecule is CCOC(=O)C1CCN(CC2=Cc3c(F)cc(OC(c4ccc5n[nH]c(Cl)c5c4)C(C)C)cc3OC2)CC1. The highest BCUT2D eigenvalue weighted by Crippen LogP contribution is 2.37. The van der Waals surface area contributed by atoms with Crippen LogP contribution in [0.3, 0.4) is 0 Å². The first-order chi connectivity index (χ1) is 18.3. The molecule has 2 aliphatic heterocycles. The molecule has 9 heteroatoms. The Kier molecular flexibility index (Phi) is 7.91. The average molecular weight is 542 g/mol. The van der Waals surface area contributed by atoms with Crippen molar-refractivity contribution in [1.82, 2.24) is 15.1 Å². The summed E-state index contributed by atoms with van der Waals surface area (Å²) in [6, 6.07) is 9.00. The monoisotopic (exact) mass is 541 g/mol. The first-order valence-corrected chi connectivity index (χ1v) is 13.5. The molecule has 2 aromatic carbocycles. The number of nitrogens with one attached hydrogen (secondary N) is 1. The molecule has 1 fully saturated rings. The lowest BCUT2D eigenvalue weighted by atomic mass is 9.96. The fraction of sp³-hybridized carbons (Fsp3) is 0.448. The van der Waals surface area contributed by atoms with E-state index in [-0.39, 0.29) is 29.7 Å². The summed E-state index contributed by atoms with van der Waals surface area (Å²) in [6.45, 7) is 9.02. The number of likely N-dealkylation sites (tertiary alicyclic amines) is 1. The smallest absolute Gasteiger partial charge is 0.309 e. The van der Waals surface area contributed by atoms with Gasteiger partial charge >= 0.3 is 5.97 Å². The van der Waals surface area contributed by atoms with Crippen LogP contribution in [-0.2, 0) is 9.53 Å². The Morgan fingerprint density at radius 1 is 1.26 bits per heavy atom. The van der Waals surface area contributed by atoms with Crippen molar-refractivity contribution in [1.29, 1.82) is 0 Å². The van der Waals surface area contributed by atoms with Gasteiger partial charge in [0.25, 0.3) is 0 Å². The molecule has 38 heavy (non-hydrogen) atoms. The number of fused-ring (bicyclic) bond motifs is 2. The highest BCUT2D eigenvalue weighted by atomic mass is 35.5. The summed E-state index contributed by atoms with van der Waals surface area (Å²) in [6.07, 6.45) is 3.12. The largest absolute Gasteiger partial charge is 0.488 e. The molecule has 0 aliphatic carbocycles. The van der Waals surface area contributed by atoms with E-state index in [1.54, 1.807) is 6.07 Å². The molecule has 5 rings (SSSR count). The zero-order chi connectivity index (χ0) is 26.8. The molecule has 3 aromatic rings. The number of nitrogens with zero attached hydrogens (tertiary/aromatic N) is 2. The van der Waals surface area contributed by atoms with E-state index in [0.29, 0.717) is 42.0 Å². The Hall–Kier alpha value is -3.10. The molecule has 0 saturated carbocycles. The molecule has 202 valence electrons. The van der Waals surface area contributed by atoms with Crippen LogP contribution in [0, 0.1) is 17.7 Å². The molecule has 0 radical (unpaired) electrons. The van der Waals surface area contributed by atoms with E-state index < -0.39 is 0 Å². The average Bonchev–Trinajstić information content (AvgIpc) is 3.28. The number of aromatic amines is 1. The van der Waals surface area contributed by atoms with Gasteiger partial charge in [-0.05, 0) is 68.1 Å². The van der Waals surface area contributed by atoms with Crippen LogP contribution in [0.4, 0.5) is 4.39 Å². The summed E-state index contributed by atoms with van der Waals surface area (Å²) < 4.78 is 32.7. The number of hydrogen-bond acceptors (Lipinski definition) is 6. The molecular formula is C29H33ClFN3O4. The van der Waals surface area contributed by atoms with Crippen molar-refractivity contribution >= 4 is 34.5 Å². The van der Waals surface area contributed by atoms with Crippen LogP contribution in [0.2, 0.25) is 5.15 Å². The Labute approximate surface area is 226 Å². The number of rotatable bonds is 8. The van der Waals surface area contributed by atoms with E-state index in [2.05, 4.69) is 28.9 Å². The van der Waals surface area contributed by atoms with Gasteiger partial charge < -0.3 is 14.2 Å². The maximum absolute atomic E-state index is 15.3. The molecule has 0 amide bonds. The van der Waals surface area contributed by atoms with Crippen LogP contribution in [0.5, 0.6) is 11.5 Å². The second-order valence-corrected chi connectivity index (χ2v) is 10.7. The topological polar surface area (TPSA) is 76.7 Å². The van der Waals surface area contributed by atoms with Crippen LogP contribution in [0.15, 0.2) is 35.9 Å². The van der Waals surface area contributed by atoms with Gasteiger partial charge in [0.1, 0.15) is 35.2 Å². The lowest BCUT2D eigenvalue weighted by molar-refractivity contribution is -0.149. The highest BCUT2D eigenvalue weighted by molar-refractivity contribution is 6.34. The third kappa shape index (κ3) is 5.66. The number of benzene rings is 2. The number of carbonyl (C=O) groups excluding carboxylic acids is 1. The van der Waals surface area contributed by atoms with Gasteiger partial charge in [-0.15, -0.1) is 0 Å². The quantitative estimate of drug-likeness (QED) is 0.343. The third-order valence-corrected chi connectivity index (χ3v) is 7.48. The number of H-pyrrole nitrogens is 1. The molecule has 0 bridgehead atoms. The van der Waals surface area contributed by atoms with Crippen LogP contribution in [-0.4, -0.2) is 53.9 Å². The summed E-state index contributed by atoms with van der Waals surface area (Å²) >= 11 is 6.24. The van der Waals surface area contributed by atoms with Crippen LogP contribution in [0.1, 0.15) is 50.8 Å². The van der Waals surface area contributed by atoms with Crippen molar-refractivity contribution in [3.8, 4) is 11.5 Å². The second kappa shape index (κ2) is 11.3. The first-order valence-electron chi connectivity index (χ1n) is 13.2. The van der Waals surface area contributed by atoms with E-state index in [9.17, 15) is 4.79 Å². The molecule has 1 aromatic heterocycles. The standard InChI is InChI=1S/C29H33ClFN3O4/c1-4-36-29(35)19-7-9-34(10-8-19)15-18-11-22-24(31)13-21(14-26(22)37-16-18)38-27(17(2)3)20-5-6-25-23(12-20)28(30)33-32-25/h5-6,11-14,17,19,27H,4,7-10,15-16H2,1-3H3,(H,32,33). The van der Waals surface area contributed by atoms with E-state index >= 15 is 4.39 Å². The van der Waals surface area contributed by atoms with Crippen molar-refractivity contribution in [3.05, 3.63) is 58.0 Å². The summed E-state index contributed by atoms with van der Waals surface area (Å²) in [5.74, 6) is 0.487. The van der Waals surface area contributed by atoms with E-state index in [1.165, 1.54) is 6.07 Å².